The van der Waals surface area contributed by atoms with E-state index in [1.807, 2.05) is 0 Å². The minimum absolute atomic E-state index is 0.0169. The SMILES string of the molecule is N#CC1(C#N)CC=C(N=C=S)CC1(C#N)C#N. The highest BCUT2D eigenvalue weighted by Crippen LogP contribution is 2.49. The van der Waals surface area contributed by atoms with Crippen molar-refractivity contribution in [2.45, 2.75) is 12.8 Å². The largest absolute Gasteiger partial charge is 0.199 e. The first-order valence-corrected chi connectivity index (χ1v) is 4.96. The predicted octanol–water partition coefficient (Wildman–Crippen LogP) is 1.83. The molecule has 1 aliphatic rings. The van der Waals surface area contributed by atoms with Crippen LogP contribution in [0.5, 0.6) is 0 Å². The van der Waals surface area contributed by atoms with Crippen LogP contribution in [-0.2, 0) is 0 Å². The molecule has 0 bridgehead atoms. The molecule has 0 aliphatic heterocycles. The Morgan fingerprint density at radius 3 is 2.00 bits per heavy atom. The topological polar surface area (TPSA) is 108 Å². The first-order chi connectivity index (χ1) is 8.13. The van der Waals surface area contributed by atoms with Gasteiger partial charge in [-0.2, -0.15) is 26.0 Å². The molecule has 0 heterocycles. The van der Waals surface area contributed by atoms with Crippen LogP contribution >= 0.6 is 12.2 Å². The van der Waals surface area contributed by atoms with Gasteiger partial charge in [0.15, 0.2) is 10.8 Å². The summed E-state index contributed by atoms with van der Waals surface area (Å²) in [5.74, 6) is 0. The Bertz CT molecular complexity index is 555. The van der Waals surface area contributed by atoms with E-state index < -0.39 is 10.8 Å². The van der Waals surface area contributed by atoms with E-state index >= 15 is 0 Å². The fourth-order valence-corrected chi connectivity index (χ4v) is 1.80. The maximum atomic E-state index is 9.14. The van der Waals surface area contributed by atoms with Crippen LogP contribution < -0.4 is 0 Å². The van der Waals surface area contributed by atoms with Crippen LogP contribution in [0.3, 0.4) is 0 Å². The highest BCUT2D eigenvalue weighted by Gasteiger charge is 2.56. The zero-order valence-corrected chi connectivity index (χ0v) is 9.45. The number of isothiocyanates is 1. The number of thiocarbonyl (C=S) groups is 1. The smallest absolute Gasteiger partial charge is 0.181 e. The Morgan fingerprint density at radius 1 is 1.06 bits per heavy atom. The maximum Gasteiger partial charge on any atom is 0.181 e. The molecule has 0 radical (unpaired) electrons. The van der Waals surface area contributed by atoms with Gasteiger partial charge in [0, 0.05) is 12.8 Å². The Kier molecular flexibility index (Phi) is 3.37. The van der Waals surface area contributed by atoms with Crippen LogP contribution in [0.25, 0.3) is 0 Å². The van der Waals surface area contributed by atoms with Crippen LogP contribution in [0.1, 0.15) is 12.8 Å². The number of hydrogen-bond acceptors (Lipinski definition) is 6. The van der Waals surface area contributed by atoms with Crippen molar-refractivity contribution < 1.29 is 0 Å². The third-order valence-corrected chi connectivity index (χ3v) is 2.86. The summed E-state index contributed by atoms with van der Waals surface area (Å²) in [6.07, 6.45) is 1.43. The molecule has 17 heavy (non-hydrogen) atoms. The lowest BCUT2D eigenvalue weighted by Crippen LogP contribution is -2.40. The lowest BCUT2D eigenvalue weighted by atomic mass is 9.60. The van der Waals surface area contributed by atoms with Crippen molar-refractivity contribution in [3.05, 3.63) is 11.8 Å². The van der Waals surface area contributed by atoms with Crippen LogP contribution in [0, 0.1) is 56.2 Å². The van der Waals surface area contributed by atoms with Gasteiger partial charge >= 0.3 is 0 Å². The van der Waals surface area contributed by atoms with Crippen molar-refractivity contribution in [2.75, 3.05) is 0 Å². The third-order valence-electron chi connectivity index (χ3n) is 2.77. The van der Waals surface area contributed by atoms with Crippen molar-refractivity contribution in [1.29, 1.82) is 21.0 Å². The molecule has 6 heteroatoms. The summed E-state index contributed by atoms with van der Waals surface area (Å²) in [5.41, 5.74) is -2.96. The van der Waals surface area contributed by atoms with Crippen LogP contribution in [0.4, 0.5) is 0 Å². The molecule has 1 rings (SSSR count). The van der Waals surface area contributed by atoms with Crippen LogP contribution in [0.2, 0.25) is 0 Å². The molecule has 0 atom stereocenters. The van der Waals surface area contributed by atoms with Crippen LogP contribution in [-0.4, -0.2) is 5.16 Å². The van der Waals surface area contributed by atoms with E-state index in [1.165, 1.54) is 0 Å². The Hall–Kier alpha value is -2.50. The van der Waals surface area contributed by atoms with E-state index in [9.17, 15) is 0 Å². The molecule has 0 N–H and O–H groups in total. The number of hydrogen-bond donors (Lipinski definition) is 0. The molecule has 0 saturated heterocycles. The Labute approximate surface area is 104 Å². The predicted molar refractivity (Wildman–Crippen MR) is 59.7 cm³/mol. The number of rotatable bonds is 1. The molecule has 80 valence electrons. The summed E-state index contributed by atoms with van der Waals surface area (Å²) in [6, 6.07) is 7.13. The van der Waals surface area contributed by atoms with Crippen molar-refractivity contribution >= 4 is 17.4 Å². The fourth-order valence-electron chi connectivity index (χ4n) is 1.69. The second kappa shape index (κ2) is 4.56. The summed E-state index contributed by atoms with van der Waals surface area (Å²) >= 11 is 4.44. The van der Waals surface area contributed by atoms with E-state index in [0.29, 0.717) is 5.70 Å². The first kappa shape index (κ1) is 12.6. The van der Waals surface area contributed by atoms with Crippen molar-refractivity contribution in [3.63, 3.8) is 0 Å². The fraction of sp³-hybridized carbons (Fsp3) is 0.364. The van der Waals surface area contributed by atoms with E-state index in [0.717, 1.165) is 0 Å². The molecule has 0 aromatic carbocycles. The quantitative estimate of drug-likeness (QED) is 0.512. The number of nitriles is 4. The molecule has 0 spiro atoms. The van der Waals surface area contributed by atoms with Crippen molar-refractivity contribution in [2.24, 2.45) is 15.8 Å². The zero-order valence-electron chi connectivity index (χ0n) is 8.64. The average molecular weight is 239 g/mol. The standard InChI is InChI=1S/C11H5N5S/c12-4-10(5-13)2-1-9(16-8-17)3-11(10,6-14)7-15/h1H,2-3H2. The van der Waals surface area contributed by atoms with Gasteiger partial charge in [0.25, 0.3) is 0 Å². The van der Waals surface area contributed by atoms with Crippen molar-refractivity contribution in [3.8, 4) is 24.3 Å². The molecule has 0 unspecified atom stereocenters. The number of nitrogens with zero attached hydrogens (tertiary/aromatic N) is 5. The summed E-state index contributed by atoms with van der Waals surface area (Å²) in [5, 5.41) is 38.6. The minimum Gasteiger partial charge on any atom is -0.199 e. The average Bonchev–Trinajstić information content (AvgIpc) is 2.39. The number of allylic oxidation sites excluding steroid dienone is 2. The van der Waals surface area contributed by atoms with Crippen molar-refractivity contribution in [1.82, 2.24) is 0 Å². The third kappa shape index (κ3) is 1.69. The molecule has 1 aliphatic carbocycles. The first-order valence-electron chi connectivity index (χ1n) is 4.55. The molecule has 0 amide bonds. The maximum absolute atomic E-state index is 9.14. The lowest BCUT2D eigenvalue weighted by Gasteiger charge is -2.33. The molecule has 0 aromatic heterocycles. The van der Waals surface area contributed by atoms with Crippen LogP contribution in [0.15, 0.2) is 16.8 Å². The summed E-state index contributed by atoms with van der Waals surface area (Å²) in [4.78, 5) is 3.71. The van der Waals surface area contributed by atoms with Gasteiger partial charge in [-0.15, -0.1) is 0 Å². The van der Waals surface area contributed by atoms with E-state index in [2.05, 4.69) is 22.4 Å². The van der Waals surface area contributed by atoms with Gasteiger partial charge in [0.2, 0.25) is 0 Å². The van der Waals surface area contributed by atoms with E-state index in [-0.39, 0.29) is 12.8 Å². The summed E-state index contributed by atoms with van der Waals surface area (Å²) in [7, 11) is 0. The van der Waals surface area contributed by atoms with Gasteiger partial charge in [-0.1, -0.05) is 6.08 Å². The number of aliphatic imine (C=N–C) groups is 1. The van der Waals surface area contributed by atoms with Gasteiger partial charge in [-0.25, -0.2) is 0 Å². The molecule has 0 aromatic rings. The molecule has 0 saturated carbocycles. The zero-order chi connectivity index (χ0) is 12.9. The highest BCUT2D eigenvalue weighted by molar-refractivity contribution is 7.78. The van der Waals surface area contributed by atoms with Gasteiger partial charge in [0.1, 0.15) is 0 Å². The van der Waals surface area contributed by atoms with E-state index in [4.69, 9.17) is 21.0 Å². The Balaban J connectivity index is 3.45. The Morgan fingerprint density at radius 2 is 1.59 bits per heavy atom. The molecular formula is C11H5N5S. The molecule has 0 fully saturated rings. The van der Waals surface area contributed by atoms with Gasteiger partial charge in [-0.3, -0.25) is 0 Å². The monoisotopic (exact) mass is 239 g/mol. The van der Waals surface area contributed by atoms with E-state index in [1.54, 1.807) is 30.4 Å². The highest BCUT2D eigenvalue weighted by atomic mass is 32.1. The molecule has 5 nitrogen and oxygen atoms in total. The lowest BCUT2D eigenvalue weighted by molar-refractivity contribution is 0.281. The van der Waals surface area contributed by atoms with Gasteiger partial charge < -0.3 is 0 Å². The van der Waals surface area contributed by atoms with Gasteiger partial charge in [-0.05, 0) is 12.2 Å². The van der Waals surface area contributed by atoms with Gasteiger partial charge in [0.05, 0.1) is 35.1 Å². The minimum atomic E-state index is -1.71. The molecular weight excluding hydrogens is 234 g/mol. The second-order valence-corrected chi connectivity index (χ2v) is 3.72. The normalized spacial score (nSPS) is 19.2. The second-order valence-electron chi connectivity index (χ2n) is 3.54. The summed E-state index contributed by atoms with van der Waals surface area (Å²) in [6.45, 7) is 0. The summed E-state index contributed by atoms with van der Waals surface area (Å²) < 4.78 is 0.